The third kappa shape index (κ3) is 2.59. The van der Waals surface area contributed by atoms with Gasteiger partial charge in [0.1, 0.15) is 11.3 Å². The summed E-state index contributed by atoms with van der Waals surface area (Å²) >= 11 is 5.17. The second-order valence-corrected chi connectivity index (χ2v) is 6.80. The van der Waals surface area contributed by atoms with Gasteiger partial charge in [-0.25, -0.2) is 4.98 Å². The van der Waals surface area contributed by atoms with Gasteiger partial charge in [0.2, 0.25) is 0 Å². The van der Waals surface area contributed by atoms with Crippen molar-refractivity contribution in [1.82, 2.24) is 10.3 Å². The summed E-state index contributed by atoms with van der Waals surface area (Å²) in [5, 5.41) is 7.60. The lowest BCUT2D eigenvalue weighted by atomic mass is 10.2. The summed E-state index contributed by atoms with van der Waals surface area (Å²) in [6, 6.07) is 8.08. The van der Waals surface area contributed by atoms with Crippen LogP contribution in [-0.2, 0) is 0 Å². The minimum atomic E-state index is 0.834. The van der Waals surface area contributed by atoms with Gasteiger partial charge in [-0.1, -0.05) is 15.9 Å². The van der Waals surface area contributed by atoms with Gasteiger partial charge in [-0.15, -0.1) is 11.3 Å². The predicted molar refractivity (Wildman–Crippen MR) is 90.1 cm³/mol. The highest BCUT2D eigenvalue weighted by Crippen LogP contribution is 2.32. The highest BCUT2D eigenvalue weighted by molar-refractivity contribution is 9.10. The Kier molecular flexibility index (Phi) is 3.45. The van der Waals surface area contributed by atoms with E-state index in [2.05, 4.69) is 43.7 Å². The maximum atomic E-state index is 5.90. The van der Waals surface area contributed by atoms with E-state index in [-0.39, 0.29) is 0 Å². The molecule has 0 radical (unpaired) electrons. The molecule has 4 nitrogen and oxygen atoms in total. The molecule has 1 aliphatic heterocycles. The summed E-state index contributed by atoms with van der Waals surface area (Å²) in [6.45, 7) is 4.07. The molecule has 1 aliphatic rings. The van der Waals surface area contributed by atoms with Crippen molar-refractivity contribution in [3.05, 3.63) is 34.1 Å². The molecular weight excluding hydrogens is 350 g/mol. The number of nitrogens with one attached hydrogen (secondary N) is 1. The van der Waals surface area contributed by atoms with Crippen LogP contribution in [0.1, 0.15) is 0 Å². The Bertz CT molecular complexity index is 776. The normalized spacial score (nSPS) is 15.8. The largest absolute Gasteiger partial charge is 0.454 e. The number of furan rings is 1. The molecule has 2 aromatic heterocycles. The molecular formula is C15H14BrN3OS. The fraction of sp³-hybridized carbons (Fsp3) is 0.267. The minimum Gasteiger partial charge on any atom is -0.454 e. The van der Waals surface area contributed by atoms with Gasteiger partial charge < -0.3 is 14.6 Å². The Hall–Kier alpha value is -1.37. The molecule has 0 unspecified atom stereocenters. The van der Waals surface area contributed by atoms with E-state index in [9.17, 15) is 0 Å². The van der Waals surface area contributed by atoms with Crippen LogP contribution in [0.2, 0.25) is 0 Å². The third-order valence-electron chi connectivity index (χ3n) is 3.61. The molecule has 0 atom stereocenters. The van der Waals surface area contributed by atoms with Crippen molar-refractivity contribution in [1.29, 1.82) is 0 Å². The number of aromatic nitrogens is 1. The Morgan fingerprint density at radius 3 is 2.95 bits per heavy atom. The van der Waals surface area contributed by atoms with Gasteiger partial charge in [-0.3, -0.25) is 0 Å². The van der Waals surface area contributed by atoms with Crippen LogP contribution in [0.25, 0.3) is 22.4 Å². The molecule has 1 aromatic carbocycles. The Labute approximate surface area is 134 Å². The van der Waals surface area contributed by atoms with Crippen LogP contribution in [0.4, 0.5) is 5.13 Å². The maximum Gasteiger partial charge on any atom is 0.186 e. The van der Waals surface area contributed by atoms with Crippen molar-refractivity contribution >= 4 is 43.4 Å². The van der Waals surface area contributed by atoms with E-state index in [1.54, 1.807) is 11.3 Å². The van der Waals surface area contributed by atoms with Crippen LogP contribution < -0.4 is 10.2 Å². The number of fused-ring (bicyclic) bond motifs is 1. The summed E-state index contributed by atoms with van der Waals surface area (Å²) in [7, 11) is 0. The molecule has 1 saturated heterocycles. The first kappa shape index (κ1) is 13.3. The highest BCUT2D eigenvalue weighted by atomic mass is 79.9. The number of thiazole rings is 1. The first-order valence-corrected chi connectivity index (χ1v) is 8.57. The van der Waals surface area contributed by atoms with Gasteiger partial charge in [0, 0.05) is 41.4 Å². The summed E-state index contributed by atoms with van der Waals surface area (Å²) in [5.74, 6) is 0.834. The van der Waals surface area contributed by atoms with E-state index >= 15 is 0 Å². The molecule has 1 fully saturated rings. The third-order valence-corrected chi connectivity index (χ3v) is 5.01. The first-order valence-electron chi connectivity index (χ1n) is 6.90. The minimum absolute atomic E-state index is 0.834. The van der Waals surface area contributed by atoms with Crippen molar-refractivity contribution in [2.24, 2.45) is 0 Å². The van der Waals surface area contributed by atoms with E-state index in [0.29, 0.717) is 0 Å². The Morgan fingerprint density at radius 1 is 1.24 bits per heavy atom. The number of rotatable bonds is 2. The van der Waals surface area contributed by atoms with Gasteiger partial charge in [-0.2, -0.15) is 0 Å². The molecule has 0 saturated carbocycles. The second-order valence-electron chi connectivity index (χ2n) is 5.05. The van der Waals surface area contributed by atoms with Crippen molar-refractivity contribution in [3.8, 4) is 11.5 Å². The van der Waals surface area contributed by atoms with Crippen molar-refractivity contribution in [3.63, 3.8) is 0 Å². The lowest BCUT2D eigenvalue weighted by Crippen LogP contribution is -2.43. The Morgan fingerprint density at radius 2 is 2.10 bits per heavy atom. The number of hydrogen-bond acceptors (Lipinski definition) is 5. The SMILES string of the molecule is Brc1ccc2oc(-c3csc(N4CCNCC4)n3)cc2c1. The van der Waals surface area contributed by atoms with Crippen LogP contribution in [-0.4, -0.2) is 31.2 Å². The molecule has 6 heteroatoms. The van der Waals surface area contributed by atoms with Gasteiger partial charge in [0.15, 0.2) is 10.9 Å². The van der Waals surface area contributed by atoms with Crippen LogP contribution in [0.5, 0.6) is 0 Å². The number of piperazine rings is 1. The molecule has 1 N–H and O–H groups in total. The van der Waals surface area contributed by atoms with E-state index in [4.69, 9.17) is 9.40 Å². The fourth-order valence-electron chi connectivity index (χ4n) is 2.52. The number of nitrogens with zero attached hydrogens (tertiary/aromatic N) is 2. The van der Waals surface area contributed by atoms with Crippen molar-refractivity contribution in [2.45, 2.75) is 0 Å². The summed E-state index contributed by atoms with van der Waals surface area (Å²) in [5.41, 5.74) is 1.81. The van der Waals surface area contributed by atoms with Crippen LogP contribution in [0.15, 0.2) is 38.5 Å². The average Bonchev–Trinajstić information content (AvgIpc) is 3.14. The lowest BCUT2D eigenvalue weighted by molar-refractivity contribution is 0.588. The number of anilines is 1. The summed E-state index contributed by atoms with van der Waals surface area (Å²) < 4.78 is 6.96. The van der Waals surface area contributed by atoms with Crippen LogP contribution in [0, 0.1) is 0 Å². The standard InChI is InChI=1S/C15H14BrN3OS/c16-11-1-2-13-10(7-11)8-14(20-13)12-9-21-15(18-12)19-5-3-17-4-6-19/h1-2,7-9,17H,3-6H2. The monoisotopic (exact) mass is 363 g/mol. The second kappa shape index (κ2) is 5.44. The molecule has 0 bridgehead atoms. The fourth-order valence-corrected chi connectivity index (χ4v) is 3.77. The zero-order valence-electron chi connectivity index (χ0n) is 11.3. The molecule has 0 aliphatic carbocycles. The predicted octanol–water partition coefficient (Wildman–Crippen LogP) is 3.73. The Balaban J connectivity index is 1.67. The van der Waals surface area contributed by atoms with E-state index in [1.165, 1.54) is 0 Å². The smallest absolute Gasteiger partial charge is 0.186 e. The van der Waals surface area contributed by atoms with Crippen molar-refractivity contribution in [2.75, 3.05) is 31.1 Å². The molecule has 3 heterocycles. The van der Waals surface area contributed by atoms with E-state index in [0.717, 1.165) is 58.2 Å². The van der Waals surface area contributed by atoms with Crippen molar-refractivity contribution < 1.29 is 4.42 Å². The topological polar surface area (TPSA) is 41.3 Å². The van der Waals surface area contributed by atoms with Gasteiger partial charge in [0.05, 0.1) is 0 Å². The molecule has 3 aromatic rings. The van der Waals surface area contributed by atoms with E-state index < -0.39 is 0 Å². The summed E-state index contributed by atoms with van der Waals surface area (Å²) in [4.78, 5) is 7.06. The average molecular weight is 364 g/mol. The lowest BCUT2D eigenvalue weighted by Gasteiger charge is -2.26. The van der Waals surface area contributed by atoms with Crippen LogP contribution >= 0.6 is 27.3 Å². The zero-order valence-corrected chi connectivity index (χ0v) is 13.7. The molecule has 4 rings (SSSR count). The van der Waals surface area contributed by atoms with E-state index in [1.807, 2.05) is 12.1 Å². The van der Waals surface area contributed by atoms with Gasteiger partial charge in [-0.05, 0) is 24.3 Å². The summed E-state index contributed by atoms with van der Waals surface area (Å²) in [6.07, 6.45) is 0. The molecule has 0 spiro atoms. The quantitative estimate of drug-likeness (QED) is 0.753. The number of halogens is 1. The zero-order chi connectivity index (χ0) is 14.2. The van der Waals surface area contributed by atoms with Gasteiger partial charge >= 0.3 is 0 Å². The maximum absolute atomic E-state index is 5.90. The van der Waals surface area contributed by atoms with Gasteiger partial charge in [0.25, 0.3) is 0 Å². The number of benzene rings is 1. The molecule has 108 valence electrons. The number of hydrogen-bond donors (Lipinski definition) is 1. The highest BCUT2D eigenvalue weighted by Gasteiger charge is 2.16. The molecule has 21 heavy (non-hydrogen) atoms. The first-order chi connectivity index (χ1) is 10.3. The van der Waals surface area contributed by atoms with Crippen LogP contribution in [0.3, 0.4) is 0 Å². The molecule has 0 amide bonds.